The number of carbonyl (C=O) groups is 1. The van der Waals surface area contributed by atoms with Gasteiger partial charge < -0.3 is 4.42 Å². The van der Waals surface area contributed by atoms with Crippen LogP contribution in [-0.4, -0.2) is 15.6 Å². The van der Waals surface area contributed by atoms with Gasteiger partial charge in [-0.15, -0.1) is 0 Å². The molecule has 1 aromatic heterocycles. The molecule has 8 heteroatoms. The number of benzene rings is 1. The lowest BCUT2D eigenvalue weighted by Gasteiger charge is -2.01. The van der Waals surface area contributed by atoms with E-state index in [1.54, 1.807) is 0 Å². The molecule has 0 amide bonds. The summed E-state index contributed by atoms with van der Waals surface area (Å²) in [6, 6.07) is 6.14. The van der Waals surface area contributed by atoms with E-state index in [-0.39, 0.29) is 17.7 Å². The molecule has 0 unspecified atom stereocenters. The molecule has 0 aliphatic rings. The van der Waals surface area contributed by atoms with E-state index in [0.717, 1.165) is 12.1 Å². The van der Waals surface area contributed by atoms with E-state index in [1.807, 2.05) is 0 Å². The Labute approximate surface area is 111 Å². The molecule has 0 fully saturated rings. The molecule has 0 saturated carbocycles. The highest BCUT2D eigenvalue weighted by molar-refractivity contribution is 5.95. The van der Waals surface area contributed by atoms with Crippen LogP contribution in [0, 0.1) is 20.2 Å². The Balaban J connectivity index is 2.34. The van der Waals surface area contributed by atoms with Crippen molar-refractivity contribution in [2.24, 2.45) is 0 Å². The number of nitro groups is 2. The maximum Gasteiger partial charge on any atom is 0.279 e. The predicted octanol–water partition coefficient (Wildman–Crippen LogP) is 2.52. The molecule has 0 aliphatic carbocycles. The minimum Gasteiger partial charge on any atom is -0.461 e. The van der Waals surface area contributed by atoms with Crippen LogP contribution in [0.3, 0.4) is 0 Å². The zero-order chi connectivity index (χ0) is 14.7. The van der Waals surface area contributed by atoms with Crippen LogP contribution in [0.4, 0.5) is 11.4 Å². The second-order valence-corrected chi connectivity index (χ2v) is 3.90. The van der Waals surface area contributed by atoms with Crippen LogP contribution in [-0.2, 0) is 6.42 Å². The van der Waals surface area contributed by atoms with Crippen molar-refractivity contribution in [1.82, 2.24) is 0 Å². The lowest BCUT2D eigenvalue weighted by molar-refractivity contribution is -0.394. The topological polar surface area (TPSA) is 116 Å². The summed E-state index contributed by atoms with van der Waals surface area (Å²) in [5.41, 5.74) is -0.757. The molecule has 0 bridgehead atoms. The largest absolute Gasteiger partial charge is 0.461 e. The Morgan fingerprint density at radius 2 is 1.90 bits per heavy atom. The zero-order valence-corrected chi connectivity index (χ0v) is 10.0. The SMILES string of the molecule is O=C(Cc1ccc([N+](=O)[O-])cc1[N+](=O)[O-])c1ccco1. The van der Waals surface area contributed by atoms with Crippen molar-refractivity contribution in [3.05, 3.63) is 68.1 Å². The second kappa shape index (κ2) is 5.31. The van der Waals surface area contributed by atoms with Crippen molar-refractivity contribution in [2.45, 2.75) is 6.42 Å². The van der Waals surface area contributed by atoms with Crippen LogP contribution in [0.5, 0.6) is 0 Å². The van der Waals surface area contributed by atoms with E-state index >= 15 is 0 Å². The fraction of sp³-hybridized carbons (Fsp3) is 0.0833. The Kier molecular flexibility index (Phi) is 3.56. The summed E-state index contributed by atoms with van der Waals surface area (Å²) >= 11 is 0. The van der Waals surface area contributed by atoms with E-state index in [9.17, 15) is 25.0 Å². The molecule has 0 N–H and O–H groups in total. The first-order valence-corrected chi connectivity index (χ1v) is 5.47. The molecular formula is C12H8N2O6. The standard InChI is InChI=1S/C12H8N2O6/c15-11(12-2-1-5-20-12)6-8-3-4-9(13(16)17)7-10(8)14(18)19/h1-5,7H,6H2. The molecule has 0 spiro atoms. The van der Waals surface area contributed by atoms with Crippen molar-refractivity contribution in [2.75, 3.05) is 0 Å². The lowest BCUT2D eigenvalue weighted by atomic mass is 10.0. The van der Waals surface area contributed by atoms with Crippen LogP contribution in [0.15, 0.2) is 41.0 Å². The smallest absolute Gasteiger partial charge is 0.279 e. The number of nitro benzene ring substituents is 2. The third-order valence-electron chi connectivity index (χ3n) is 2.62. The minimum absolute atomic E-state index is 0.0812. The van der Waals surface area contributed by atoms with Crippen molar-refractivity contribution >= 4 is 17.2 Å². The van der Waals surface area contributed by atoms with Gasteiger partial charge in [0.15, 0.2) is 5.76 Å². The molecule has 2 aromatic rings. The van der Waals surface area contributed by atoms with Gasteiger partial charge in [-0.2, -0.15) is 0 Å². The number of hydrogen-bond acceptors (Lipinski definition) is 6. The van der Waals surface area contributed by atoms with Gasteiger partial charge in [0.2, 0.25) is 5.78 Å². The summed E-state index contributed by atoms with van der Waals surface area (Å²) < 4.78 is 4.90. The highest BCUT2D eigenvalue weighted by Gasteiger charge is 2.22. The van der Waals surface area contributed by atoms with Gasteiger partial charge in [0, 0.05) is 18.1 Å². The normalized spacial score (nSPS) is 10.2. The first-order valence-electron chi connectivity index (χ1n) is 5.47. The average Bonchev–Trinajstić information content (AvgIpc) is 2.92. The monoisotopic (exact) mass is 276 g/mol. The molecule has 0 aliphatic heterocycles. The van der Waals surface area contributed by atoms with Gasteiger partial charge in [0.25, 0.3) is 11.4 Å². The van der Waals surface area contributed by atoms with Gasteiger partial charge in [-0.05, 0) is 18.2 Å². The second-order valence-electron chi connectivity index (χ2n) is 3.90. The number of Topliss-reactive ketones (excluding diaryl/α,β-unsaturated/α-hetero) is 1. The fourth-order valence-electron chi connectivity index (χ4n) is 1.68. The molecule has 0 radical (unpaired) electrons. The highest BCUT2D eigenvalue weighted by atomic mass is 16.6. The molecule has 102 valence electrons. The van der Waals surface area contributed by atoms with Gasteiger partial charge in [0.05, 0.1) is 22.2 Å². The summed E-state index contributed by atoms with van der Waals surface area (Å²) in [5, 5.41) is 21.5. The zero-order valence-electron chi connectivity index (χ0n) is 10.0. The van der Waals surface area contributed by atoms with Gasteiger partial charge in [-0.3, -0.25) is 25.0 Å². The number of rotatable bonds is 5. The number of non-ortho nitro benzene ring substituents is 1. The van der Waals surface area contributed by atoms with E-state index in [2.05, 4.69) is 0 Å². The van der Waals surface area contributed by atoms with Gasteiger partial charge in [-0.25, -0.2) is 0 Å². The molecule has 2 rings (SSSR count). The van der Waals surface area contributed by atoms with Gasteiger partial charge >= 0.3 is 0 Å². The van der Waals surface area contributed by atoms with Crippen LogP contribution >= 0.6 is 0 Å². The van der Waals surface area contributed by atoms with Crippen molar-refractivity contribution in [3.63, 3.8) is 0 Å². The van der Waals surface area contributed by atoms with Crippen molar-refractivity contribution in [3.8, 4) is 0 Å². The lowest BCUT2D eigenvalue weighted by Crippen LogP contribution is -2.05. The maximum atomic E-state index is 11.8. The Bertz CT molecular complexity index is 677. The third kappa shape index (κ3) is 2.69. The average molecular weight is 276 g/mol. The number of hydrogen-bond donors (Lipinski definition) is 0. The molecule has 0 saturated heterocycles. The summed E-state index contributed by atoms with van der Waals surface area (Å²) in [4.78, 5) is 31.8. The summed E-state index contributed by atoms with van der Waals surface area (Å²) in [6.45, 7) is 0. The number of furan rings is 1. The number of ketones is 1. The van der Waals surface area contributed by atoms with Gasteiger partial charge in [-0.1, -0.05) is 0 Å². The minimum atomic E-state index is -0.752. The summed E-state index contributed by atoms with van der Waals surface area (Å²) in [7, 11) is 0. The first-order chi connectivity index (χ1) is 9.49. The van der Waals surface area contributed by atoms with E-state index < -0.39 is 27.0 Å². The van der Waals surface area contributed by atoms with Crippen LogP contribution < -0.4 is 0 Å². The first kappa shape index (κ1) is 13.4. The molecule has 1 aromatic carbocycles. The van der Waals surface area contributed by atoms with Crippen LogP contribution in [0.25, 0.3) is 0 Å². The van der Waals surface area contributed by atoms with E-state index in [0.29, 0.717) is 0 Å². The molecule has 0 atom stereocenters. The maximum absolute atomic E-state index is 11.8. The third-order valence-corrected chi connectivity index (χ3v) is 2.62. The van der Waals surface area contributed by atoms with E-state index in [4.69, 9.17) is 4.42 Å². The van der Waals surface area contributed by atoms with Crippen molar-refractivity contribution in [1.29, 1.82) is 0 Å². The molecular weight excluding hydrogens is 268 g/mol. The summed E-state index contributed by atoms with van der Waals surface area (Å²) in [6.07, 6.45) is 1.05. The summed E-state index contributed by atoms with van der Waals surface area (Å²) in [5.74, 6) is -0.357. The molecule has 8 nitrogen and oxygen atoms in total. The molecule has 20 heavy (non-hydrogen) atoms. The Morgan fingerprint density at radius 1 is 1.15 bits per heavy atom. The van der Waals surface area contributed by atoms with Gasteiger partial charge in [0.1, 0.15) is 0 Å². The Hall–Kier alpha value is -3.03. The number of carbonyl (C=O) groups excluding carboxylic acids is 1. The Morgan fingerprint density at radius 3 is 2.45 bits per heavy atom. The molecule has 1 heterocycles. The fourth-order valence-corrected chi connectivity index (χ4v) is 1.68. The quantitative estimate of drug-likeness (QED) is 0.470. The highest BCUT2D eigenvalue weighted by Crippen LogP contribution is 2.25. The van der Waals surface area contributed by atoms with Crippen LogP contribution in [0.1, 0.15) is 16.1 Å². The number of nitrogens with zero attached hydrogens (tertiary/aromatic N) is 2. The van der Waals surface area contributed by atoms with Crippen LogP contribution in [0.2, 0.25) is 0 Å². The van der Waals surface area contributed by atoms with E-state index in [1.165, 1.54) is 24.5 Å². The van der Waals surface area contributed by atoms with Crippen molar-refractivity contribution < 1.29 is 19.1 Å². The predicted molar refractivity (Wildman–Crippen MR) is 66.5 cm³/mol.